The van der Waals surface area contributed by atoms with E-state index in [0.29, 0.717) is 19.8 Å². The van der Waals surface area contributed by atoms with E-state index in [1.54, 1.807) is 13.4 Å². The maximum Gasteiger partial charge on any atom is 0.191 e. The van der Waals surface area contributed by atoms with Crippen LogP contribution in [-0.2, 0) is 22.5 Å². The Morgan fingerprint density at radius 3 is 2.59 bits per heavy atom. The lowest BCUT2D eigenvalue weighted by atomic mass is 10.2. The fourth-order valence-corrected chi connectivity index (χ4v) is 3.21. The first-order valence-corrected chi connectivity index (χ1v) is 10.9. The van der Waals surface area contributed by atoms with E-state index in [0.717, 1.165) is 75.4 Å². The molecule has 1 aromatic heterocycles. The molecule has 178 valence electrons. The number of hydrogen-bond acceptors (Lipinski definition) is 6. The summed E-state index contributed by atoms with van der Waals surface area (Å²) in [7, 11) is 1.67. The first-order valence-electron chi connectivity index (χ1n) is 10.9. The molecular weight excluding hydrogens is 523 g/mol. The number of hydrogen-bond donors (Lipinski definition) is 2. The number of furan rings is 1. The Balaban J connectivity index is 0.00000363. The maximum absolute atomic E-state index is 5.78. The molecule has 0 amide bonds. The van der Waals surface area contributed by atoms with Crippen molar-refractivity contribution in [3.8, 4) is 5.75 Å². The number of guanidine groups is 1. The molecule has 32 heavy (non-hydrogen) atoms. The molecule has 1 fully saturated rings. The summed E-state index contributed by atoms with van der Waals surface area (Å²) in [5.41, 5.74) is 1.12. The number of nitrogens with zero attached hydrogens (tertiary/aromatic N) is 2. The van der Waals surface area contributed by atoms with E-state index in [9.17, 15) is 0 Å². The normalized spacial score (nSPS) is 14.6. The van der Waals surface area contributed by atoms with Gasteiger partial charge in [0.1, 0.15) is 11.5 Å². The number of rotatable bonds is 12. The highest BCUT2D eigenvalue weighted by Crippen LogP contribution is 2.11. The predicted molar refractivity (Wildman–Crippen MR) is 136 cm³/mol. The largest absolute Gasteiger partial charge is 0.497 e. The van der Waals surface area contributed by atoms with Crippen molar-refractivity contribution in [3.05, 3.63) is 54.0 Å². The van der Waals surface area contributed by atoms with Crippen LogP contribution in [0.5, 0.6) is 5.75 Å². The van der Waals surface area contributed by atoms with Crippen LogP contribution in [0.15, 0.2) is 52.1 Å². The third kappa shape index (κ3) is 10.2. The van der Waals surface area contributed by atoms with Crippen molar-refractivity contribution in [2.45, 2.75) is 13.0 Å². The third-order valence-electron chi connectivity index (χ3n) is 5.00. The molecule has 0 bridgehead atoms. The molecule has 1 saturated heterocycles. The van der Waals surface area contributed by atoms with Crippen molar-refractivity contribution >= 4 is 29.9 Å². The fourth-order valence-electron chi connectivity index (χ4n) is 3.21. The van der Waals surface area contributed by atoms with Crippen molar-refractivity contribution in [2.24, 2.45) is 4.99 Å². The second-order valence-corrected chi connectivity index (χ2v) is 7.27. The van der Waals surface area contributed by atoms with Gasteiger partial charge in [0.15, 0.2) is 5.96 Å². The Morgan fingerprint density at radius 2 is 1.88 bits per heavy atom. The number of aliphatic imine (C=N–C) groups is 1. The SMILES string of the molecule is COc1ccc(COCCNC(=NCCN2CCOCC2)NCCc2ccco2)cc1.I. The second kappa shape index (κ2) is 15.9. The molecule has 1 aromatic carbocycles. The topological polar surface area (TPSA) is 80.5 Å². The average molecular weight is 558 g/mol. The van der Waals surface area contributed by atoms with Gasteiger partial charge in [-0.25, -0.2) is 0 Å². The van der Waals surface area contributed by atoms with Gasteiger partial charge in [-0.15, -0.1) is 24.0 Å². The van der Waals surface area contributed by atoms with Gasteiger partial charge in [0.2, 0.25) is 0 Å². The summed E-state index contributed by atoms with van der Waals surface area (Å²) < 4.78 is 21.8. The zero-order valence-electron chi connectivity index (χ0n) is 18.8. The Kier molecular flexibility index (Phi) is 13.1. The zero-order chi connectivity index (χ0) is 21.6. The highest BCUT2D eigenvalue weighted by molar-refractivity contribution is 14.0. The van der Waals surface area contributed by atoms with Crippen LogP contribution in [0.3, 0.4) is 0 Å². The van der Waals surface area contributed by atoms with Crippen molar-refractivity contribution in [3.63, 3.8) is 0 Å². The molecule has 1 aliphatic rings. The summed E-state index contributed by atoms with van der Waals surface area (Å²) in [6, 6.07) is 11.8. The zero-order valence-corrected chi connectivity index (χ0v) is 21.1. The maximum atomic E-state index is 5.78. The molecule has 1 aliphatic heterocycles. The molecule has 0 spiro atoms. The van der Waals surface area contributed by atoms with E-state index in [1.807, 2.05) is 36.4 Å². The van der Waals surface area contributed by atoms with Gasteiger partial charge in [-0.1, -0.05) is 12.1 Å². The Hall–Kier alpha value is -1.82. The van der Waals surface area contributed by atoms with Gasteiger partial charge in [0.05, 0.1) is 46.3 Å². The van der Waals surface area contributed by atoms with Gasteiger partial charge in [-0.3, -0.25) is 9.89 Å². The minimum absolute atomic E-state index is 0. The molecule has 0 aliphatic carbocycles. The van der Waals surface area contributed by atoms with E-state index in [2.05, 4.69) is 15.5 Å². The van der Waals surface area contributed by atoms with Crippen LogP contribution in [0.4, 0.5) is 0 Å². The highest BCUT2D eigenvalue weighted by Gasteiger charge is 2.09. The number of ether oxygens (including phenoxy) is 3. The Labute approximate surface area is 207 Å². The molecular formula is C23H35IN4O4. The number of halogens is 1. The Morgan fingerprint density at radius 1 is 1.09 bits per heavy atom. The van der Waals surface area contributed by atoms with Crippen LogP contribution in [0.2, 0.25) is 0 Å². The molecule has 8 nitrogen and oxygen atoms in total. The van der Waals surface area contributed by atoms with Gasteiger partial charge in [0, 0.05) is 39.1 Å². The minimum atomic E-state index is 0. The third-order valence-corrected chi connectivity index (χ3v) is 5.00. The lowest BCUT2D eigenvalue weighted by Gasteiger charge is -2.25. The lowest BCUT2D eigenvalue weighted by molar-refractivity contribution is 0.0394. The molecule has 0 saturated carbocycles. The first kappa shape index (κ1) is 26.4. The predicted octanol–water partition coefficient (Wildman–Crippen LogP) is 2.53. The second-order valence-electron chi connectivity index (χ2n) is 7.27. The van der Waals surface area contributed by atoms with Gasteiger partial charge in [-0.2, -0.15) is 0 Å². The number of methoxy groups -OCH3 is 1. The van der Waals surface area contributed by atoms with Gasteiger partial charge < -0.3 is 29.3 Å². The van der Waals surface area contributed by atoms with Crippen LogP contribution in [0, 0.1) is 0 Å². The van der Waals surface area contributed by atoms with Crippen LogP contribution in [-0.4, -0.2) is 77.1 Å². The summed E-state index contributed by atoms with van der Waals surface area (Å²) in [5, 5.41) is 6.75. The van der Waals surface area contributed by atoms with Gasteiger partial charge >= 0.3 is 0 Å². The van der Waals surface area contributed by atoms with E-state index >= 15 is 0 Å². The Bertz CT molecular complexity index is 750. The number of benzene rings is 1. The van der Waals surface area contributed by atoms with Crippen molar-refractivity contribution < 1.29 is 18.6 Å². The summed E-state index contributed by atoms with van der Waals surface area (Å²) in [6.07, 6.45) is 2.51. The van der Waals surface area contributed by atoms with E-state index < -0.39 is 0 Å². The summed E-state index contributed by atoms with van der Waals surface area (Å²) in [5.74, 6) is 2.61. The van der Waals surface area contributed by atoms with Gasteiger partial charge in [-0.05, 0) is 29.8 Å². The van der Waals surface area contributed by atoms with E-state index in [-0.39, 0.29) is 24.0 Å². The highest BCUT2D eigenvalue weighted by atomic mass is 127. The monoisotopic (exact) mass is 558 g/mol. The molecule has 2 aromatic rings. The molecule has 0 radical (unpaired) electrons. The lowest BCUT2D eigenvalue weighted by Crippen LogP contribution is -2.41. The molecule has 0 unspecified atom stereocenters. The van der Waals surface area contributed by atoms with E-state index in [4.69, 9.17) is 23.6 Å². The average Bonchev–Trinajstić information content (AvgIpc) is 3.33. The quantitative estimate of drug-likeness (QED) is 0.180. The molecule has 2 heterocycles. The first-order chi connectivity index (χ1) is 15.3. The molecule has 0 atom stereocenters. The van der Waals surface area contributed by atoms with Gasteiger partial charge in [0.25, 0.3) is 0 Å². The number of morpholine rings is 1. The summed E-state index contributed by atoms with van der Waals surface area (Å²) in [6.45, 7) is 7.83. The van der Waals surface area contributed by atoms with Crippen LogP contribution >= 0.6 is 24.0 Å². The fraction of sp³-hybridized carbons (Fsp3) is 0.522. The van der Waals surface area contributed by atoms with Crippen LogP contribution < -0.4 is 15.4 Å². The van der Waals surface area contributed by atoms with Crippen molar-refractivity contribution in [1.29, 1.82) is 0 Å². The number of nitrogens with one attached hydrogen (secondary N) is 2. The van der Waals surface area contributed by atoms with Crippen molar-refractivity contribution in [1.82, 2.24) is 15.5 Å². The molecule has 2 N–H and O–H groups in total. The summed E-state index contributed by atoms with van der Waals surface area (Å²) in [4.78, 5) is 7.10. The minimum Gasteiger partial charge on any atom is -0.497 e. The summed E-state index contributed by atoms with van der Waals surface area (Å²) >= 11 is 0. The van der Waals surface area contributed by atoms with Crippen LogP contribution in [0.1, 0.15) is 11.3 Å². The molecule has 3 rings (SSSR count). The van der Waals surface area contributed by atoms with E-state index in [1.165, 1.54) is 0 Å². The van der Waals surface area contributed by atoms with Crippen LogP contribution in [0.25, 0.3) is 0 Å². The smallest absolute Gasteiger partial charge is 0.191 e. The molecule has 9 heteroatoms. The standard InChI is InChI=1S/C23H34N4O4.HI/c1-28-21-6-4-20(5-7-21)19-30-16-11-26-23(24-9-8-22-3-2-15-31-22)25-10-12-27-13-17-29-18-14-27;/h2-7,15H,8-14,16-19H2,1H3,(H2,24,25,26);1H. The van der Waals surface area contributed by atoms with Crippen molar-refractivity contribution in [2.75, 3.05) is 66.2 Å².